The Morgan fingerprint density at radius 1 is 0.955 bits per heavy atom. The topological polar surface area (TPSA) is 41.5 Å². The van der Waals surface area contributed by atoms with Gasteiger partial charge < -0.3 is 0 Å². The van der Waals surface area contributed by atoms with E-state index in [9.17, 15) is 4.79 Å². The van der Waals surface area contributed by atoms with Crippen LogP contribution >= 0.6 is 0 Å². The summed E-state index contributed by atoms with van der Waals surface area (Å²) in [7, 11) is 0. The van der Waals surface area contributed by atoms with Crippen molar-refractivity contribution in [3.8, 4) is 0 Å². The average molecular weight is 288 g/mol. The fraction of sp³-hybridized carbons (Fsp3) is 0.0526. The van der Waals surface area contributed by atoms with Crippen LogP contribution in [0.15, 0.2) is 71.8 Å². The summed E-state index contributed by atoms with van der Waals surface area (Å²) >= 11 is 0. The van der Waals surface area contributed by atoms with Gasteiger partial charge >= 0.3 is 0 Å². The van der Waals surface area contributed by atoms with Gasteiger partial charge in [0.25, 0.3) is 5.91 Å². The van der Waals surface area contributed by atoms with E-state index in [2.05, 4.69) is 10.5 Å². The molecule has 0 heterocycles. The molecule has 3 nitrogen and oxygen atoms in total. The Balaban J connectivity index is 1.77. The van der Waals surface area contributed by atoms with E-state index in [1.54, 1.807) is 12.3 Å². The number of nitrogens with one attached hydrogen (secondary N) is 1. The second kappa shape index (κ2) is 6.22. The fourth-order valence-electron chi connectivity index (χ4n) is 2.30. The molecule has 0 spiro atoms. The molecule has 0 bridgehead atoms. The van der Waals surface area contributed by atoms with E-state index in [1.807, 2.05) is 67.6 Å². The van der Waals surface area contributed by atoms with E-state index < -0.39 is 0 Å². The molecule has 0 aromatic heterocycles. The van der Waals surface area contributed by atoms with Crippen LogP contribution in [0.5, 0.6) is 0 Å². The van der Waals surface area contributed by atoms with Crippen molar-refractivity contribution in [2.75, 3.05) is 0 Å². The van der Waals surface area contributed by atoms with Gasteiger partial charge in [0, 0.05) is 5.56 Å². The minimum Gasteiger partial charge on any atom is -0.267 e. The molecule has 3 rings (SSSR count). The number of amides is 1. The monoisotopic (exact) mass is 288 g/mol. The Labute approximate surface area is 129 Å². The average Bonchev–Trinajstić information content (AvgIpc) is 2.56. The van der Waals surface area contributed by atoms with Gasteiger partial charge in [-0.25, -0.2) is 5.43 Å². The Bertz CT molecular complexity index is 830. The Morgan fingerprint density at radius 3 is 2.50 bits per heavy atom. The summed E-state index contributed by atoms with van der Waals surface area (Å²) in [5, 5.41) is 5.99. The fourth-order valence-corrected chi connectivity index (χ4v) is 2.30. The highest BCUT2D eigenvalue weighted by atomic mass is 16.2. The van der Waals surface area contributed by atoms with Gasteiger partial charge in [-0.15, -0.1) is 0 Å². The molecule has 0 saturated carbocycles. The number of benzene rings is 3. The summed E-state index contributed by atoms with van der Waals surface area (Å²) in [6.07, 6.45) is 1.64. The van der Waals surface area contributed by atoms with Gasteiger partial charge in [-0.3, -0.25) is 4.79 Å². The van der Waals surface area contributed by atoms with Crippen LogP contribution in [0.1, 0.15) is 21.5 Å². The van der Waals surface area contributed by atoms with Gasteiger partial charge in [-0.1, -0.05) is 66.2 Å². The zero-order chi connectivity index (χ0) is 15.4. The molecule has 0 aliphatic carbocycles. The van der Waals surface area contributed by atoms with Crippen molar-refractivity contribution >= 4 is 22.9 Å². The first-order valence-electron chi connectivity index (χ1n) is 7.12. The van der Waals surface area contributed by atoms with E-state index in [1.165, 1.54) is 5.56 Å². The third-order valence-electron chi connectivity index (χ3n) is 3.49. The van der Waals surface area contributed by atoms with Crippen LogP contribution in [-0.2, 0) is 0 Å². The predicted octanol–water partition coefficient (Wildman–Crippen LogP) is 3.91. The van der Waals surface area contributed by atoms with Crippen LogP contribution in [0.4, 0.5) is 0 Å². The van der Waals surface area contributed by atoms with Crippen LogP contribution in [0.25, 0.3) is 10.8 Å². The second-order valence-electron chi connectivity index (χ2n) is 5.14. The Hall–Kier alpha value is -2.94. The molecule has 3 aromatic carbocycles. The molecule has 0 radical (unpaired) electrons. The molecule has 3 heteroatoms. The second-order valence-corrected chi connectivity index (χ2v) is 5.14. The standard InChI is InChI=1S/C19H16N2O/c1-14-9-11-15(12-10-14)13-20-21-19(22)18-8-4-6-16-5-2-3-7-17(16)18/h2-13H,1H3,(H,21,22)/b20-13-. The molecule has 0 unspecified atom stereocenters. The van der Waals surface area contributed by atoms with Gasteiger partial charge in [0.1, 0.15) is 0 Å². The van der Waals surface area contributed by atoms with Gasteiger partial charge in [0.2, 0.25) is 0 Å². The molecule has 108 valence electrons. The lowest BCUT2D eigenvalue weighted by atomic mass is 10.0. The Kier molecular flexibility index (Phi) is 3.97. The van der Waals surface area contributed by atoms with Crippen LogP contribution in [0, 0.1) is 6.92 Å². The van der Waals surface area contributed by atoms with Crippen molar-refractivity contribution in [1.82, 2.24) is 5.43 Å². The van der Waals surface area contributed by atoms with Crippen LogP contribution < -0.4 is 5.43 Å². The molecule has 0 fully saturated rings. The lowest BCUT2D eigenvalue weighted by Gasteiger charge is -2.04. The zero-order valence-corrected chi connectivity index (χ0v) is 12.3. The first kappa shape index (κ1) is 14.0. The number of nitrogens with zero attached hydrogens (tertiary/aromatic N) is 1. The number of carbonyl (C=O) groups excluding carboxylic acids is 1. The van der Waals surface area contributed by atoms with Gasteiger partial charge in [-0.05, 0) is 29.3 Å². The van der Waals surface area contributed by atoms with Crippen molar-refractivity contribution in [3.05, 3.63) is 83.4 Å². The largest absolute Gasteiger partial charge is 0.271 e. The molecule has 1 N–H and O–H groups in total. The first-order chi connectivity index (χ1) is 10.7. The van der Waals surface area contributed by atoms with E-state index in [0.29, 0.717) is 5.56 Å². The predicted molar refractivity (Wildman–Crippen MR) is 90.2 cm³/mol. The SMILES string of the molecule is Cc1ccc(/C=N\NC(=O)c2cccc3ccccc23)cc1. The highest BCUT2D eigenvalue weighted by Gasteiger charge is 2.08. The number of fused-ring (bicyclic) bond motifs is 1. The van der Waals surface area contributed by atoms with Crippen molar-refractivity contribution in [2.24, 2.45) is 5.10 Å². The van der Waals surface area contributed by atoms with Crippen molar-refractivity contribution in [2.45, 2.75) is 6.92 Å². The van der Waals surface area contributed by atoms with Gasteiger partial charge in [0.15, 0.2) is 0 Å². The van der Waals surface area contributed by atoms with Gasteiger partial charge in [-0.2, -0.15) is 5.10 Å². The Morgan fingerprint density at radius 2 is 1.68 bits per heavy atom. The molecular formula is C19H16N2O. The maximum absolute atomic E-state index is 12.3. The molecule has 1 amide bonds. The third-order valence-corrected chi connectivity index (χ3v) is 3.49. The quantitative estimate of drug-likeness (QED) is 0.576. The van der Waals surface area contributed by atoms with Crippen molar-refractivity contribution < 1.29 is 4.79 Å². The number of rotatable bonds is 3. The van der Waals surface area contributed by atoms with E-state index in [4.69, 9.17) is 0 Å². The molecule has 22 heavy (non-hydrogen) atoms. The number of hydrogen-bond acceptors (Lipinski definition) is 2. The summed E-state index contributed by atoms with van der Waals surface area (Å²) in [5.74, 6) is -0.208. The van der Waals surface area contributed by atoms with E-state index >= 15 is 0 Å². The normalized spacial score (nSPS) is 11.0. The molecular weight excluding hydrogens is 272 g/mol. The lowest BCUT2D eigenvalue weighted by molar-refractivity contribution is 0.0957. The molecule has 0 atom stereocenters. The maximum Gasteiger partial charge on any atom is 0.271 e. The highest BCUT2D eigenvalue weighted by molar-refractivity contribution is 6.07. The molecule has 3 aromatic rings. The zero-order valence-electron chi connectivity index (χ0n) is 12.3. The summed E-state index contributed by atoms with van der Waals surface area (Å²) in [6.45, 7) is 2.03. The minimum atomic E-state index is -0.208. The van der Waals surface area contributed by atoms with Crippen molar-refractivity contribution in [3.63, 3.8) is 0 Å². The number of carbonyl (C=O) groups is 1. The number of hydrazone groups is 1. The first-order valence-corrected chi connectivity index (χ1v) is 7.12. The van der Waals surface area contributed by atoms with E-state index in [0.717, 1.165) is 16.3 Å². The lowest BCUT2D eigenvalue weighted by Crippen LogP contribution is -2.17. The van der Waals surface area contributed by atoms with Crippen LogP contribution in [0.2, 0.25) is 0 Å². The number of hydrogen-bond donors (Lipinski definition) is 1. The summed E-state index contributed by atoms with van der Waals surface area (Å²) in [5.41, 5.74) is 5.35. The smallest absolute Gasteiger partial charge is 0.267 e. The number of aryl methyl sites for hydroxylation is 1. The molecule has 0 saturated heterocycles. The van der Waals surface area contributed by atoms with Crippen LogP contribution in [-0.4, -0.2) is 12.1 Å². The third kappa shape index (κ3) is 3.04. The highest BCUT2D eigenvalue weighted by Crippen LogP contribution is 2.18. The van der Waals surface area contributed by atoms with Crippen LogP contribution in [0.3, 0.4) is 0 Å². The molecule has 0 aliphatic rings. The molecule has 0 aliphatic heterocycles. The van der Waals surface area contributed by atoms with E-state index in [-0.39, 0.29) is 5.91 Å². The van der Waals surface area contributed by atoms with Gasteiger partial charge in [0.05, 0.1) is 6.21 Å². The summed E-state index contributed by atoms with van der Waals surface area (Å²) < 4.78 is 0. The maximum atomic E-state index is 12.3. The summed E-state index contributed by atoms with van der Waals surface area (Å²) in [6, 6.07) is 21.4. The van der Waals surface area contributed by atoms with Crippen molar-refractivity contribution in [1.29, 1.82) is 0 Å². The summed E-state index contributed by atoms with van der Waals surface area (Å²) in [4.78, 5) is 12.3. The minimum absolute atomic E-state index is 0.208.